The highest BCUT2D eigenvalue weighted by molar-refractivity contribution is 5.92. The van der Waals surface area contributed by atoms with Gasteiger partial charge in [-0.15, -0.1) is 0 Å². The number of benzene rings is 1. The van der Waals surface area contributed by atoms with Gasteiger partial charge >= 0.3 is 0 Å². The second-order valence-electron chi connectivity index (χ2n) is 6.80. The molecule has 1 fully saturated rings. The number of amides is 1. The van der Waals surface area contributed by atoms with E-state index in [4.69, 9.17) is 0 Å². The number of carbonyl (C=O) groups excluding carboxylic acids is 1. The number of nitrogens with zero attached hydrogens (tertiary/aromatic N) is 4. The molecule has 6 nitrogen and oxygen atoms in total. The number of likely N-dealkylation sites (N-methyl/N-ethyl adjacent to an activating group) is 1. The van der Waals surface area contributed by atoms with E-state index in [2.05, 4.69) is 5.10 Å². The van der Waals surface area contributed by atoms with Crippen molar-refractivity contribution in [2.24, 2.45) is 0 Å². The van der Waals surface area contributed by atoms with Gasteiger partial charge in [-0.3, -0.25) is 9.48 Å². The molecule has 3 rings (SSSR count). The predicted molar refractivity (Wildman–Crippen MR) is 96.2 cm³/mol. The van der Waals surface area contributed by atoms with Crippen molar-refractivity contribution >= 4 is 5.91 Å². The van der Waals surface area contributed by atoms with Crippen molar-refractivity contribution in [3.63, 3.8) is 0 Å². The highest BCUT2D eigenvalue weighted by Crippen LogP contribution is 2.35. The summed E-state index contributed by atoms with van der Waals surface area (Å²) in [6.45, 7) is 3.62. The molecule has 1 amide bonds. The fourth-order valence-corrected chi connectivity index (χ4v) is 3.69. The van der Waals surface area contributed by atoms with Crippen LogP contribution in [0.2, 0.25) is 0 Å². The third-order valence-corrected chi connectivity index (χ3v) is 5.13. The van der Waals surface area contributed by atoms with Crippen LogP contribution in [-0.4, -0.2) is 63.8 Å². The van der Waals surface area contributed by atoms with E-state index in [9.17, 15) is 9.90 Å². The van der Waals surface area contributed by atoms with E-state index < -0.39 is 5.60 Å². The van der Waals surface area contributed by atoms with Crippen LogP contribution in [0, 0.1) is 0 Å². The van der Waals surface area contributed by atoms with E-state index in [0.717, 1.165) is 5.56 Å². The average molecular weight is 342 g/mol. The lowest BCUT2D eigenvalue weighted by Crippen LogP contribution is -2.60. The molecule has 1 aliphatic rings. The van der Waals surface area contributed by atoms with Crippen molar-refractivity contribution in [2.45, 2.75) is 31.5 Å². The van der Waals surface area contributed by atoms with Gasteiger partial charge in [0.2, 0.25) is 0 Å². The van der Waals surface area contributed by atoms with Crippen LogP contribution in [0.4, 0.5) is 0 Å². The quantitative estimate of drug-likeness (QED) is 0.916. The number of hydrogen-bond acceptors (Lipinski definition) is 4. The summed E-state index contributed by atoms with van der Waals surface area (Å²) in [5, 5.41) is 15.6. The molecule has 0 spiro atoms. The zero-order valence-electron chi connectivity index (χ0n) is 15.1. The molecule has 2 atom stereocenters. The van der Waals surface area contributed by atoms with E-state index in [0.29, 0.717) is 31.7 Å². The SMILES string of the molecule is CCn1nccc1C(=O)N1CC[C@@](O)(c2ccccc2)[C@H](N(C)C)C1. The van der Waals surface area contributed by atoms with Crippen LogP contribution in [0.3, 0.4) is 0 Å². The maximum Gasteiger partial charge on any atom is 0.272 e. The summed E-state index contributed by atoms with van der Waals surface area (Å²) in [5.74, 6) is -0.0266. The smallest absolute Gasteiger partial charge is 0.272 e. The molecule has 0 bridgehead atoms. The van der Waals surface area contributed by atoms with Crippen molar-refractivity contribution in [1.82, 2.24) is 19.6 Å². The van der Waals surface area contributed by atoms with Gasteiger partial charge in [0.25, 0.3) is 5.91 Å². The molecule has 0 unspecified atom stereocenters. The second-order valence-corrected chi connectivity index (χ2v) is 6.80. The van der Waals surface area contributed by atoms with Gasteiger partial charge in [-0.1, -0.05) is 30.3 Å². The van der Waals surface area contributed by atoms with E-state index in [1.54, 1.807) is 16.9 Å². The zero-order valence-corrected chi connectivity index (χ0v) is 15.1. The van der Waals surface area contributed by atoms with Gasteiger partial charge in [0.05, 0.1) is 6.04 Å². The Balaban J connectivity index is 1.86. The topological polar surface area (TPSA) is 61.6 Å². The highest BCUT2D eigenvalue weighted by Gasteiger charge is 2.45. The molecule has 1 aromatic heterocycles. The van der Waals surface area contributed by atoms with Crippen LogP contribution in [0.25, 0.3) is 0 Å². The van der Waals surface area contributed by atoms with E-state index in [1.807, 2.05) is 61.2 Å². The molecule has 1 aliphatic heterocycles. The monoisotopic (exact) mass is 342 g/mol. The summed E-state index contributed by atoms with van der Waals surface area (Å²) >= 11 is 0. The van der Waals surface area contributed by atoms with Crippen LogP contribution in [0.1, 0.15) is 29.4 Å². The molecule has 1 saturated heterocycles. The minimum atomic E-state index is -0.966. The third kappa shape index (κ3) is 3.19. The number of rotatable bonds is 4. The maximum absolute atomic E-state index is 12.9. The van der Waals surface area contributed by atoms with Crippen LogP contribution >= 0.6 is 0 Å². The summed E-state index contributed by atoms with van der Waals surface area (Å²) in [6.07, 6.45) is 2.16. The maximum atomic E-state index is 12.9. The molecule has 0 saturated carbocycles. The summed E-state index contributed by atoms with van der Waals surface area (Å²) in [4.78, 5) is 16.7. The molecule has 2 aromatic rings. The van der Waals surface area contributed by atoms with Gasteiger partial charge in [0.1, 0.15) is 11.3 Å². The van der Waals surface area contributed by atoms with Gasteiger partial charge in [-0.2, -0.15) is 5.10 Å². The van der Waals surface area contributed by atoms with Crippen LogP contribution in [0.5, 0.6) is 0 Å². The first-order chi connectivity index (χ1) is 12.0. The van der Waals surface area contributed by atoms with Crippen molar-refractivity contribution in [3.05, 3.63) is 53.9 Å². The Morgan fingerprint density at radius 3 is 2.68 bits per heavy atom. The molecule has 134 valence electrons. The van der Waals surface area contributed by atoms with Crippen molar-refractivity contribution in [3.8, 4) is 0 Å². The number of aryl methyl sites for hydroxylation is 1. The number of aliphatic hydroxyl groups is 1. The number of likely N-dealkylation sites (tertiary alicyclic amines) is 1. The Labute approximate surface area is 148 Å². The Morgan fingerprint density at radius 1 is 1.32 bits per heavy atom. The number of aromatic nitrogens is 2. The van der Waals surface area contributed by atoms with Crippen molar-refractivity contribution in [1.29, 1.82) is 0 Å². The van der Waals surface area contributed by atoms with Gasteiger partial charge < -0.3 is 14.9 Å². The minimum Gasteiger partial charge on any atom is -0.383 e. The Bertz CT molecular complexity index is 728. The summed E-state index contributed by atoms with van der Waals surface area (Å²) in [6, 6.07) is 11.3. The van der Waals surface area contributed by atoms with Gasteiger partial charge in [-0.25, -0.2) is 0 Å². The molecule has 2 heterocycles. The standard InChI is InChI=1S/C19H26N4O2/c1-4-23-16(10-12-20-23)18(24)22-13-11-19(25,17(14-22)21(2)3)15-8-6-5-7-9-15/h5-10,12,17,25H,4,11,13-14H2,1-3H3/t17-,19-/m1/s1. The molecule has 25 heavy (non-hydrogen) atoms. The normalized spacial score (nSPS) is 23.9. The minimum absolute atomic E-state index is 0.0266. The average Bonchev–Trinajstić information content (AvgIpc) is 3.10. The second kappa shape index (κ2) is 6.98. The first-order valence-electron chi connectivity index (χ1n) is 8.72. The molecule has 0 radical (unpaired) electrons. The Morgan fingerprint density at radius 2 is 2.04 bits per heavy atom. The zero-order chi connectivity index (χ0) is 18.0. The van der Waals surface area contributed by atoms with E-state index in [-0.39, 0.29) is 11.9 Å². The van der Waals surface area contributed by atoms with Crippen LogP contribution in [0.15, 0.2) is 42.6 Å². The molecule has 0 aliphatic carbocycles. The van der Waals surface area contributed by atoms with E-state index >= 15 is 0 Å². The summed E-state index contributed by atoms with van der Waals surface area (Å²) in [5.41, 5.74) is 0.538. The lowest BCUT2D eigenvalue weighted by atomic mass is 9.79. The van der Waals surface area contributed by atoms with Crippen LogP contribution in [-0.2, 0) is 12.1 Å². The fraction of sp³-hybridized carbons (Fsp3) is 0.474. The fourth-order valence-electron chi connectivity index (χ4n) is 3.69. The number of hydrogen-bond donors (Lipinski definition) is 1. The Hall–Kier alpha value is -2.18. The number of carbonyl (C=O) groups is 1. The van der Waals surface area contributed by atoms with E-state index in [1.165, 1.54) is 0 Å². The van der Waals surface area contributed by atoms with Crippen LogP contribution < -0.4 is 0 Å². The highest BCUT2D eigenvalue weighted by atomic mass is 16.3. The first-order valence-corrected chi connectivity index (χ1v) is 8.72. The first kappa shape index (κ1) is 17.6. The molecule has 6 heteroatoms. The predicted octanol–water partition coefficient (Wildman–Crippen LogP) is 1.57. The molecular formula is C19H26N4O2. The van der Waals surface area contributed by atoms with Crippen molar-refractivity contribution < 1.29 is 9.90 Å². The van der Waals surface area contributed by atoms with Crippen molar-refractivity contribution in [2.75, 3.05) is 27.2 Å². The molecular weight excluding hydrogens is 316 g/mol. The summed E-state index contributed by atoms with van der Waals surface area (Å²) in [7, 11) is 3.89. The molecule has 1 N–H and O–H groups in total. The molecule has 1 aromatic carbocycles. The van der Waals surface area contributed by atoms with Gasteiger partial charge in [-0.05, 0) is 39.1 Å². The Kier molecular flexibility index (Phi) is 4.92. The number of piperidine rings is 1. The lowest BCUT2D eigenvalue weighted by molar-refractivity contribution is -0.0811. The third-order valence-electron chi connectivity index (χ3n) is 5.13. The van der Waals surface area contributed by atoms with Gasteiger partial charge in [0, 0.05) is 25.8 Å². The summed E-state index contributed by atoms with van der Waals surface area (Å²) < 4.78 is 1.71. The van der Waals surface area contributed by atoms with Gasteiger partial charge in [0.15, 0.2) is 0 Å². The lowest BCUT2D eigenvalue weighted by Gasteiger charge is -2.47. The largest absolute Gasteiger partial charge is 0.383 e.